The van der Waals surface area contributed by atoms with Crippen molar-refractivity contribution in [2.75, 3.05) is 6.73 Å². The lowest BCUT2D eigenvalue weighted by molar-refractivity contribution is 0.0877. The van der Waals surface area contributed by atoms with Crippen LogP contribution in [-0.4, -0.2) is 17.4 Å². The molecule has 156 valence electrons. The van der Waals surface area contributed by atoms with E-state index < -0.39 is 5.82 Å². The van der Waals surface area contributed by atoms with Crippen molar-refractivity contribution >= 4 is 23.5 Å². The lowest BCUT2D eigenvalue weighted by Gasteiger charge is -2.30. The first kappa shape index (κ1) is 19.8. The van der Waals surface area contributed by atoms with Crippen LogP contribution in [0, 0.1) is 12.7 Å². The van der Waals surface area contributed by atoms with E-state index in [0.717, 1.165) is 22.4 Å². The number of hydrogen-bond acceptors (Lipinski definition) is 4. The van der Waals surface area contributed by atoms with Crippen LogP contribution in [0.3, 0.4) is 0 Å². The number of fused-ring (bicyclic) bond motifs is 2. The van der Waals surface area contributed by atoms with Gasteiger partial charge in [0.1, 0.15) is 24.0 Å². The molecule has 3 aromatic carbocycles. The monoisotopic (exact) mass is 435 g/mol. The molecule has 0 atom stereocenters. The third-order valence-electron chi connectivity index (χ3n) is 5.55. The molecule has 2 aliphatic heterocycles. The zero-order valence-corrected chi connectivity index (χ0v) is 17.6. The fourth-order valence-electron chi connectivity index (χ4n) is 4.00. The van der Waals surface area contributed by atoms with E-state index in [1.165, 1.54) is 12.1 Å². The minimum Gasteiger partial charge on any atom is -0.477 e. The highest BCUT2D eigenvalue weighted by Crippen LogP contribution is 2.43. The van der Waals surface area contributed by atoms with Crippen LogP contribution in [0.1, 0.15) is 32.6 Å². The van der Waals surface area contributed by atoms with E-state index in [4.69, 9.17) is 21.1 Å². The molecule has 0 saturated carbocycles. The summed E-state index contributed by atoms with van der Waals surface area (Å²) in [6.07, 6.45) is 1.45. The van der Waals surface area contributed by atoms with Crippen molar-refractivity contribution < 1.29 is 18.7 Å². The summed E-state index contributed by atoms with van der Waals surface area (Å²) in [4.78, 5) is 15.1. The summed E-state index contributed by atoms with van der Waals surface area (Å²) in [5.41, 5.74) is 3.49. The zero-order valence-electron chi connectivity index (χ0n) is 16.8. The molecule has 0 N–H and O–H groups in total. The van der Waals surface area contributed by atoms with Gasteiger partial charge in [0, 0.05) is 34.8 Å². The van der Waals surface area contributed by atoms with Gasteiger partial charge in [-0.1, -0.05) is 48.0 Å². The van der Waals surface area contributed by atoms with E-state index in [0.29, 0.717) is 41.7 Å². The third kappa shape index (κ3) is 3.60. The first-order valence-electron chi connectivity index (χ1n) is 9.95. The molecule has 31 heavy (non-hydrogen) atoms. The van der Waals surface area contributed by atoms with Crippen LogP contribution in [0.5, 0.6) is 11.5 Å². The molecule has 0 aliphatic carbocycles. The molecular weight excluding hydrogens is 417 g/mol. The lowest BCUT2D eigenvalue weighted by atomic mass is 9.99. The summed E-state index contributed by atoms with van der Waals surface area (Å²) in [7, 11) is 0. The Morgan fingerprint density at radius 2 is 1.90 bits per heavy atom. The van der Waals surface area contributed by atoms with Crippen molar-refractivity contribution in [2.45, 2.75) is 20.0 Å². The molecule has 2 aliphatic rings. The van der Waals surface area contributed by atoms with Gasteiger partial charge >= 0.3 is 0 Å². The maximum atomic E-state index is 14.0. The van der Waals surface area contributed by atoms with Crippen molar-refractivity contribution in [1.82, 2.24) is 4.90 Å². The number of carbonyl (C=O) groups excluding carboxylic acids is 1. The molecule has 0 fully saturated rings. The topological polar surface area (TPSA) is 38.8 Å². The Labute approximate surface area is 184 Å². The number of ether oxygens (including phenoxy) is 2. The quantitative estimate of drug-likeness (QED) is 0.490. The number of rotatable bonds is 3. The average molecular weight is 436 g/mol. The van der Waals surface area contributed by atoms with Gasteiger partial charge in [-0.05, 0) is 36.8 Å². The first-order valence-corrected chi connectivity index (χ1v) is 10.3. The fraction of sp³-hybridized carbons (Fsp3) is 0.160. The highest BCUT2D eigenvalue weighted by atomic mass is 35.5. The zero-order chi connectivity index (χ0) is 21.5. The molecule has 0 saturated heterocycles. The van der Waals surface area contributed by atoms with Crippen molar-refractivity contribution in [3.8, 4) is 11.5 Å². The maximum absolute atomic E-state index is 14.0. The number of carbonyl (C=O) groups is 1. The van der Waals surface area contributed by atoms with Crippen molar-refractivity contribution in [1.29, 1.82) is 0 Å². The molecule has 5 rings (SSSR count). The van der Waals surface area contributed by atoms with Gasteiger partial charge in [0.15, 0.2) is 5.76 Å². The molecule has 0 spiro atoms. The van der Waals surface area contributed by atoms with Crippen LogP contribution >= 0.6 is 11.6 Å². The number of halogens is 2. The summed E-state index contributed by atoms with van der Waals surface area (Å²) in [5, 5.41) is 0.713. The smallest absolute Gasteiger partial charge is 0.231 e. The standard InChI is InChI=1S/C25H19ClFNO3/c1-15-24-18(13-28(14-30-24)12-17-7-2-4-8-20(17)26)10-19-23(29)22(31-25(15)19)11-16-6-3-5-9-21(16)27/h2-11H,12-14H2,1H3/b22-11-. The SMILES string of the molecule is Cc1c2c(cc3c1O/C(=C\c1ccccc1F)C3=O)CN(Cc1ccccc1Cl)CO2. The lowest BCUT2D eigenvalue weighted by Crippen LogP contribution is -2.32. The summed E-state index contributed by atoms with van der Waals surface area (Å²) in [6, 6.07) is 15.8. The molecule has 0 unspecified atom stereocenters. The normalized spacial score (nSPS) is 16.6. The summed E-state index contributed by atoms with van der Waals surface area (Å²) >= 11 is 6.30. The predicted molar refractivity (Wildman–Crippen MR) is 117 cm³/mol. The van der Waals surface area contributed by atoms with Crippen molar-refractivity contribution in [3.05, 3.63) is 99.0 Å². The molecule has 0 bridgehead atoms. The Balaban J connectivity index is 1.44. The van der Waals surface area contributed by atoms with Crippen LogP contribution in [0.25, 0.3) is 6.08 Å². The van der Waals surface area contributed by atoms with Gasteiger partial charge in [0.05, 0.1) is 5.56 Å². The Kier molecular flexibility index (Phi) is 5.00. The number of nitrogens with zero attached hydrogens (tertiary/aromatic N) is 1. The van der Waals surface area contributed by atoms with E-state index in [-0.39, 0.29) is 11.5 Å². The number of allylic oxidation sites excluding steroid dienone is 1. The highest BCUT2D eigenvalue weighted by molar-refractivity contribution is 6.31. The number of hydrogen-bond donors (Lipinski definition) is 0. The fourth-order valence-corrected chi connectivity index (χ4v) is 4.19. The highest BCUT2D eigenvalue weighted by Gasteiger charge is 2.33. The molecule has 2 heterocycles. The molecule has 0 aromatic heterocycles. The molecule has 6 heteroatoms. The van der Waals surface area contributed by atoms with Crippen molar-refractivity contribution in [3.63, 3.8) is 0 Å². The van der Waals surface area contributed by atoms with E-state index in [2.05, 4.69) is 4.90 Å². The van der Waals surface area contributed by atoms with Crippen LogP contribution in [0.4, 0.5) is 4.39 Å². The van der Waals surface area contributed by atoms with Gasteiger partial charge in [0.25, 0.3) is 0 Å². The summed E-state index contributed by atoms with van der Waals surface area (Å²) in [6.45, 7) is 3.54. The van der Waals surface area contributed by atoms with Crippen LogP contribution in [0.15, 0.2) is 60.4 Å². The Morgan fingerprint density at radius 3 is 2.71 bits per heavy atom. The Morgan fingerprint density at radius 1 is 1.13 bits per heavy atom. The van der Waals surface area contributed by atoms with E-state index >= 15 is 0 Å². The number of Topliss-reactive ketones (excluding diaryl/α,β-unsaturated/α-hetero) is 1. The third-order valence-corrected chi connectivity index (χ3v) is 5.91. The van der Waals surface area contributed by atoms with E-state index in [1.54, 1.807) is 18.2 Å². The molecule has 4 nitrogen and oxygen atoms in total. The second-order valence-corrected chi connectivity index (χ2v) is 8.09. The van der Waals surface area contributed by atoms with Gasteiger partial charge in [-0.15, -0.1) is 0 Å². The van der Waals surface area contributed by atoms with Gasteiger partial charge in [-0.2, -0.15) is 0 Å². The minimum absolute atomic E-state index is 0.110. The van der Waals surface area contributed by atoms with E-state index in [1.807, 2.05) is 37.3 Å². The predicted octanol–water partition coefficient (Wildman–Crippen LogP) is 5.76. The van der Waals surface area contributed by atoms with Gasteiger partial charge in [-0.25, -0.2) is 4.39 Å². The molecule has 0 amide bonds. The van der Waals surface area contributed by atoms with Gasteiger partial charge in [-0.3, -0.25) is 9.69 Å². The largest absolute Gasteiger partial charge is 0.477 e. The Bertz CT molecular complexity index is 1240. The van der Waals surface area contributed by atoms with Crippen LogP contribution in [-0.2, 0) is 13.1 Å². The second kappa shape index (κ2) is 7.84. The maximum Gasteiger partial charge on any atom is 0.231 e. The molecular formula is C25H19ClFNO3. The first-order chi connectivity index (χ1) is 15.0. The molecule has 3 aromatic rings. The second-order valence-electron chi connectivity index (χ2n) is 7.68. The minimum atomic E-state index is -0.406. The summed E-state index contributed by atoms with van der Waals surface area (Å²) < 4.78 is 25.9. The molecule has 0 radical (unpaired) electrons. The Hall–Kier alpha value is -3.15. The number of ketones is 1. The van der Waals surface area contributed by atoms with Crippen LogP contribution < -0.4 is 9.47 Å². The van der Waals surface area contributed by atoms with Gasteiger partial charge < -0.3 is 9.47 Å². The van der Waals surface area contributed by atoms with Crippen molar-refractivity contribution in [2.24, 2.45) is 0 Å². The van der Waals surface area contributed by atoms with Crippen LogP contribution in [0.2, 0.25) is 5.02 Å². The summed E-state index contributed by atoms with van der Waals surface area (Å²) in [5.74, 6) is 0.655. The van der Waals surface area contributed by atoms with E-state index in [9.17, 15) is 9.18 Å². The average Bonchev–Trinajstić information content (AvgIpc) is 3.07. The number of benzene rings is 3. The van der Waals surface area contributed by atoms with Gasteiger partial charge in [0.2, 0.25) is 5.78 Å².